The third kappa shape index (κ3) is 4.76. The molecule has 1 aromatic heterocycles. The van der Waals surface area contributed by atoms with Crippen molar-refractivity contribution in [3.63, 3.8) is 0 Å². The molecule has 0 spiro atoms. The van der Waals surface area contributed by atoms with Gasteiger partial charge in [-0.3, -0.25) is 9.78 Å². The maximum Gasteiger partial charge on any atom is 0.227 e. The molecule has 1 heterocycles. The highest BCUT2D eigenvalue weighted by Crippen LogP contribution is 2.21. The molecule has 1 atom stereocenters. The quantitative estimate of drug-likeness (QED) is 0.703. The molecule has 3 rings (SSSR count). The molecule has 132 valence electrons. The molecule has 1 amide bonds. The van der Waals surface area contributed by atoms with Crippen molar-refractivity contribution < 1.29 is 9.18 Å². The zero-order valence-corrected chi connectivity index (χ0v) is 14.4. The van der Waals surface area contributed by atoms with Gasteiger partial charge in [-0.2, -0.15) is 0 Å². The Kier molecular flexibility index (Phi) is 6.09. The first-order valence-electron chi connectivity index (χ1n) is 8.69. The highest BCUT2D eigenvalue weighted by atomic mass is 19.1. The number of nitrogens with one attached hydrogen (secondary N) is 1. The SMILES string of the molecule is O=C(NCCc1ccccc1F)C(Cc1ccncc1)c1ccccc1. The van der Waals surface area contributed by atoms with E-state index in [9.17, 15) is 9.18 Å². The first kappa shape index (κ1) is 17.8. The molecule has 0 aliphatic carbocycles. The van der Waals surface area contributed by atoms with Gasteiger partial charge >= 0.3 is 0 Å². The van der Waals surface area contributed by atoms with Crippen LogP contribution in [0.15, 0.2) is 79.1 Å². The largest absolute Gasteiger partial charge is 0.355 e. The zero-order valence-electron chi connectivity index (χ0n) is 14.4. The van der Waals surface area contributed by atoms with Gasteiger partial charge in [0.1, 0.15) is 5.82 Å². The average Bonchev–Trinajstić information content (AvgIpc) is 2.69. The first-order chi connectivity index (χ1) is 12.7. The lowest BCUT2D eigenvalue weighted by atomic mass is 9.91. The Morgan fingerprint density at radius 3 is 2.38 bits per heavy atom. The number of nitrogens with zero attached hydrogens (tertiary/aromatic N) is 1. The summed E-state index contributed by atoms with van der Waals surface area (Å²) in [7, 11) is 0. The van der Waals surface area contributed by atoms with Gasteiger partial charge in [0.05, 0.1) is 5.92 Å². The number of aromatic nitrogens is 1. The topological polar surface area (TPSA) is 42.0 Å². The lowest BCUT2D eigenvalue weighted by Crippen LogP contribution is -2.32. The van der Waals surface area contributed by atoms with E-state index in [1.807, 2.05) is 42.5 Å². The van der Waals surface area contributed by atoms with Gasteiger partial charge in [-0.25, -0.2) is 4.39 Å². The van der Waals surface area contributed by atoms with Crippen LogP contribution in [0, 0.1) is 5.82 Å². The average molecular weight is 348 g/mol. The van der Waals surface area contributed by atoms with E-state index in [0.29, 0.717) is 24.9 Å². The molecule has 0 fully saturated rings. The minimum Gasteiger partial charge on any atom is -0.355 e. The van der Waals surface area contributed by atoms with Crippen molar-refractivity contribution in [2.45, 2.75) is 18.8 Å². The van der Waals surface area contributed by atoms with Crippen molar-refractivity contribution in [2.75, 3.05) is 6.54 Å². The Morgan fingerprint density at radius 2 is 1.65 bits per heavy atom. The smallest absolute Gasteiger partial charge is 0.227 e. The van der Waals surface area contributed by atoms with Crippen molar-refractivity contribution in [1.29, 1.82) is 0 Å². The normalized spacial score (nSPS) is 11.7. The molecule has 0 aliphatic rings. The number of pyridine rings is 1. The van der Waals surface area contributed by atoms with Crippen LogP contribution in [-0.4, -0.2) is 17.4 Å². The summed E-state index contributed by atoms with van der Waals surface area (Å²) in [5, 5.41) is 2.96. The fraction of sp³-hybridized carbons (Fsp3) is 0.182. The summed E-state index contributed by atoms with van der Waals surface area (Å²) < 4.78 is 13.7. The summed E-state index contributed by atoms with van der Waals surface area (Å²) in [5.41, 5.74) is 2.63. The maximum atomic E-state index is 13.7. The van der Waals surface area contributed by atoms with E-state index < -0.39 is 0 Å². The van der Waals surface area contributed by atoms with Gasteiger partial charge in [0.25, 0.3) is 0 Å². The molecular formula is C22H21FN2O. The molecule has 1 N–H and O–H groups in total. The van der Waals surface area contributed by atoms with Crippen LogP contribution in [0.4, 0.5) is 4.39 Å². The van der Waals surface area contributed by atoms with E-state index in [-0.39, 0.29) is 17.6 Å². The number of hydrogen-bond acceptors (Lipinski definition) is 2. The molecule has 0 saturated heterocycles. The van der Waals surface area contributed by atoms with E-state index in [4.69, 9.17) is 0 Å². The van der Waals surface area contributed by atoms with Crippen LogP contribution in [0.2, 0.25) is 0 Å². The van der Waals surface area contributed by atoms with E-state index in [0.717, 1.165) is 11.1 Å². The van der Waals surface area contributed by atoms with Gasteiger partial charge in [-0.1, -0.05) is 48.5 Å². The summed E-state index contributed by atoms with van der Waals surface area (Å²) in [6.45, 7) is 0.402. The maximum absolute atomic E-state index is 13.7. The second kappa shape index (κ2) is 8.90. The lowest BCUT2D eigenvalue weighted by Gasteiger charge is -2.17. The van der Waals surface area contributed by atoms with Crippen LogP contribution in [-0.2, 0) is 17.6 Å². The molecular weight excluding hydrogens is 327 g/mol. The van der Waals surface area contributed by atoms with Crippen LogP contribution in [0.3, 0.4) is 0 Å². The minimum atomic E-state index is -0.292. The first-order valence-corrected chi connectivity index (χ1v) is 8.69. The number of rotatable bonds is 7. The van der Waals surface area contributed by atoms with E-state index >= 15 is 0 Å². The summed E-state index contributed by atoms with van der Waals surface area (Å²) in [6.07, 6.45) is 4.52. The molecule has 3 nitrogen and oxygen atoms in total. The van der Waals surface area contributed by atoms with E-state index in [1.165, 1.54) is 6.07 Å². The number of amides is 1. The highest BCUT2D eigenvalue weighted by molar-refractivity contribution is 5.84. The molecule has 0 saturated carbocycles. The van der Waals surface area contributed by atoms with Crippen LogP contribution < -0.4 is 5.32 Å². The molecule has 3 aromatic rings. The van der Waals surface area contributed by atoms with Crippen LogP contribution in [0.1, 0.15) is 22.6 Å². The summed E-state index contributed by atoms with van der Waals surface area (Å²) >= 11 is 0. The van der Waals surface area contributed by atoms with Crippen LogP contribution in [0.25, 0.3) is 0 Å². The number of benzene rings is 2. The molecule has 0 aliphatic heterocycles. The summed E-state index contributed by atoms with van der Waals surface area (Å²) in [5.74, 6) is -0.582. The Hall–Kier alpha value is -3.01. The molecule has 2 aromatic carbocycles. The Bertz CT molecular complexity index is 837. The van der Waals surface area contributed by atoms with E-state index in [2.05, 4.69) is 10.3 Å². The Balaban J connectivity index is 1.68. The second-order valence-corrected chi connectivity index (χ2v) is 6.16. The summed E-state index contributed by atoms with van der Waals surface area (Å²) in [6, 6.07) is 20.2. The van der Waals surface area contributed by atoms with Gasteiger partial charge in [0.15, 0.2) is 0 Å². The second-order valence-electron chi connectivity index (χ2n) is 6.16. The molecule has 4 heteroatoms. The predicted octanol–water partition coefficient (Wildman–Crippen LogP) is 3.91. The number of carbonyl (C=O) groups is 1. The molecule has 0 radical (unpaired) electrons. The van der Waals surface area contributed by atoms with Gasteiger partial charge in [-0.05, 0) is 47.7 Å². The molecule has 26 heavy (non-hydrogen) atoms. The molecule has 1 unspecified atom stereocenters. The minimum absolute atomic E-state index is 0.0515. The standard InChI is InChI=1S/C22H21FN2O/c23-21-9-5-4-8-19(21)12-15-25-22(26)20(18-6-2-1-3-7-18)16-17-10-13-24-14-11-17/h1-11,13-14,20H,12,15-16H2,(H,25,26). The van der Waals surface area contributed by atoms with Crippen LogP contribution >= 0.6 is 0 Å². The Labute approximate surface area is 152 Å². The van der Waals surface area contributed by atoms with Gasteiger partial charge < -0.3 is 5.32 Å². The van der Waals surface area contributed by atoms with Crippen molar-refractivity contribution in [3.8, 4) is 0 Å². The van der Waals surface area contributed by atoms with Crippen molar-refractivity contribution in [1.82, 2.24) is 10.3 Å². The lowest BCUT2D eigenvalue weighted by molar-refractivity contribution is -0.122. The van der Waals surface area contributed by atoms with Gasteiger partial charge in [0, 0.05) is 18.9 Å². The number of halogens is 1. The monoisotopic (exact) mass is 348 g/mol. The van der Waals surface area contributed by atoms with Crippen molar-refractivity contribution >= 4 is 5.91 Å². The third-order valence-electron chi connectivity index (χ3n) is 4.36. The molecule has 0 bridgehead atoms. The third-order valence-corrected chi connectivity index (χ3v) is 4.36. The van der Waals surface area contributed by atoms with Gasteiger partial charge in [-0.15, -0.1) is 0 Å². The Morgan fingerprint density at radius 1 is 0.962 bits per heavy atom. The number of carbonyl (C=O) groups excluding carboxylic acids is 1. The predicted molar refractivity (Wildman–Crippen MR) is 100 cm³/mol. The fourth-order valence-corrected chi connectivity index (χ4v) is 2.95. The highest BCUT2D eigenvalue weighted by Gasteiger charge is 2.20. The zero-order chi connectivity index (χ0) is 18.2. The summed E-state index contributed by atoms with van der Waals surface area (Å²) in [4.78, 5) is 16.8. The van der Waals surface area contributed by atoms with Crippen molar-refractivity contribution in [2.24, 2.45) is 0 Å². The van der Waals surface area contributed by atoms with Crippen LogP contribution in [0.5, 0.6) is 0 Å². The van der Waals surface area contributed by atoms with Crippen molar-refractivity contribution in [3.05, 3.63) is 102 Å². The number of hydrogen-bond donors (Lipinski definition) is 1. The van der Waals surface area contributed by atoms with E-state index in [1.54, 1.807) is 30.6 Å². The fourth-order valence-electron chi connectivity index (χ4n) is 2.95. The van der Waals surface area contributed by atoms with Gasteiger partial charge in [0.2, 0.25) is 5.91 Å².